The van der Waals surface area contributed by atoms with Crippen LogP contribution in [0.5, 0.6) is 0 Å². The molecule has 6 heteroatoms. The van der Waals surface area contributed by atoms with Crippen LogP contribution in [0.1, 0.15) is 79.4 Å². The Morgan fingerprint density at radius 2 is 1.91 bits per heavy atom. The second-order valence-corrected chi connectivity index (χ2v) is 8.81. The molecule has 0 spiro atoms. The Bertz CT molecular complexity index is 1040. The third-order valence-corrected chi connectivity index (χ3v) is 6.41. The van der Waals surface area contributed by atoms with E-state index in [2.05, 4.69) is 16.6 Å². The number of carboxylic acid groups (broad SMARTS) is 1. The Morgan fingerprint density at radius 3 is 2.62 bits per heavy atom. The molecule has 0 amide bonds. The van der Waals surface area contributed by atoms with Crippen LogP contribution in [-0.4, -0.2) is 30.8 Å². The first-order valence-corrected chi connectivity index (χ1v) is 11.8. The molecule has 0 aliphatic heterocycles. The van der Waals surface area contributed by atoms with Gasteiger partial charge in [-0.15, -0.1) is 0 Å². The molecule has 2 aromatic heterocycles. The highest BCUT2D eigenvalue weighted by molar-refractivity contribution is 5.95. The van der Waals surface area contributed by atoms with E-state index < -0.39 is 5.97 Å². The normalized spacial score (nSPS) is 14.5. The Kier molecular flexibility index (Phi) is 7.30. The zero-order valence-corrected chi connectivity index (χ0v) is 18.8. The van der Waals surface area contributed by atoms with E-state index in [1.165, 1.54) is 50.8 Å². The minimum Gasteiger partial charge on any atom is -0.478 e. The van der Waals surface area contributed by atoms with E-state index in [1.807, 2.05) is 24.3 Å². The summed E-state index contributed by atoms with van der Waals surface area (Å²) < 4.78 is 2.06. The van der Waals surface area contributed by atoms with Crippen LogP contribution in [0.15, 0.2) is 42.7 Å². The van der Waals surface area contributed by atoms with Crippen LogP contribution in [0.25, 0.3) is 11.1 Å². The first-order chi connectivity index (χ1) is 15.6. The van der Waals surface area contributed by atoms with Gasteiger partial charge >= 0.3 is 5.97 Å². The first kappa shape index (κ1) is 22.2. The number of carboxylic acids is 1. The number of carbonyl (C=O) groups is 1. The van der Waals surface area contributed by atoms with Crippen LogP contribution in [0.2, 0.25) is 0 Å². The van der Waals surface area contributed by atoms with Crippen molar-refractivity contribution in [2.75, 3.05) is 0 Å². The first-order valence-electron chi connectivity index (χ1n) is 11.8. The summed E-state index contributed by atoms with van der Waals surface area (Å²) in [6, 6.07) is 9.54. The molecule has 168 valence electrons. The number of pyridine rings is 1. The quantitative estimate of drug-likeness (QED) is 0.479. The van der Waals surface area contributed by atoms with E-state index in [-0.39, 0.29) is 5.56 Å². The lowest BCUT2D eigenvalue weighted by atomic mass is 9.86. The minimum atomic E-state index is -0.945. The van der Waals surface area contributed by atoms with Crippen molar-refractivity contribution in [2.24, 2.45) is 5.92 Å². The van der Waals surface area contributed by atoms with E-state index in [9.17, 15) is 9.90 Å². The summed E-state index contributed by atoms with van der Waals surface area (Å²) in [6.45, 7) is 3.04. The molecule has 1 saturated carbocycles. The van der Waals surface area contributed by atoms with Gasteiger partial charge in [0.25, 0.3) is 0 Å². The maximum atomic E-state index is 11.5. The molecule has 1 aliphatic carbocycles. The van der Waals surface area contributed by atoms with Gasteiger partial charge in [-0.05, 0) is 36.0 Å². The second kappa shape index (κ2) is 10.5. The van der Waals surface area contributed by atoms with Gasteiger partial charge in [0.2, 0.25) is 0 Å². The van der Waals surface area contributed by atoms with Crippen molar-refractivity contribution in [1.82, 2.24) is 19.7 Å². The maximum absolute atomic E-state index is 11.5. The van der Waals surface area contributed by atoms with Crippen molar-refractivity contribution in [3.8, 4) is 11.1 Å². The van der Waals surface area contributed by atoms with Gasteiger partial charge in [-0.25, -0.2) is 14.5 Å². The predicted molar refractivity (Wildman–Crippen MR) is 125 cm³/mol. The highest BCUT2D eigenvalue weighted by atomic mass is 16.4. The number of aromatic carboxylic acids is 1. The molecule has 2 heterocycles. The molecule has 1 N–H and O–H groups in total. The molecule has 4 rings (SSSR count). The lowest BCUT2D eigenvalue weighted by molar-refractivity contribution is 0.0697. The van der Waals surface area contributed by atoms with Crippen molar-refractivity contribution < 1.29 is 9.90 Å². The molecule has 1 fully saturated rings. The lowest BCUT2D eigenvalue weighted by Crippen LogP contribution is -2.08. The Balaban J connectivity index is 1.47. The van der Waals surface area contributed by atoms with Crippen LogP contribution in [-0.2, 0) is 19.4 Å². The Morgan fingerprint density at radius 1 is 1.12 bits per heavy atom. The molecule has 0 bridgehead atoms. The number of hydrogen-bond acceptors (Lipinski definition) is 4. The number of aryl methyl sites for hydroxylation is 2. The van der Waals surface area contributed by atoms with Crippen molar-refractivity contribution in [2.45, 2.75) is 71.3 Å². The van der Waals surface area contributed by atoms with Crippen LogP contribution >= 0.6 is 0 Å². The number of nitrogens with zero attached hydrogens (tertiary/aromatic N) is 4. The van der Waals surface area contributed by atoms with Crippen LogP contribution in [0.3, 0.4) is 0 Å². The van der Waals surface area contributed by atoms with Gasteiger partial charge in [0.1, 0.15) is 5.82 Å². The van der Waals surface area contributed by atoms with Crippen molar-refractivity contribution >= 4 is 5.97 Å². The summed E-state index contributed by atoms with van der Waals surface area (Å²) in [5.74, 6) is 1.86. The van der Waals surface area contributed by atoms with Gasteiger partial charge < -0.3 is 5.11 Å². The number of hydrogen-bond donors (Lipinski definition) is 1. The average molecular weight is 433 g/mol. The zero-order chi connectivity index (χ0) is 22.3. The molecule has 0 atom stereocenters. The number of aromatic nitrogens is 4. The average Bonchev–Trinajstić information content (AvgIpc) is 3.20. The predicted octanol–water partition coefficient (Wildman–Crippen LogP) is 5.55. The third kappa shape index (κ3) is 5.42. The topological polar surface area (TPSA) is 80.9 Å². The van der Waals surface area contributed by atoms with E-state index in [4.69, 9.17) is 10.1 Å². The molecule has 0 radical (unpaired) electrons. The van der Waals surface area contributed by atoms with E-state index in [1.54, 1.807) is 6.20 Å². The summed E-state index contributed by atoms with van der Waals surface area (Å²) in [5.41, 5.74) is 2.88. The zero-order valence-electron chi connectivity index (χ0n) is 18.8. The molecule has 0 saturated heterocycles. The summed E-state index contributed by atoms with van der Waals surface area (Å²) >= 11 is 0. The maximum Gasteiger partial charge on any atom is 0.336 e. The summed E-state index contributed by atoms with van der Waals surface area (Å²) in [4.78, 5) is 20.5. The molecular weight excluding hydrogens is 400 g/mol. The Labute approximate surface area is 189 Å². The smallest absolute Gasteiger partial charge is 0.336 e. The molecule has 1 aromatic carbocycles. The molecule has 3 aromatic rings. The van der Waals surface area contributed by atoms with E-state index in [0.717, 1.165) is 54.5 Å². The minimum absolute atomic E-state index is 0.262. The fraction of sp³-hybridized carbons (Fsp3) is 0.462. The van der Waals surface area contributed by atoms with Crippen LogP contribution < -0.4 is 0 Å². The molecule has 32 heavy (non-hydrogen) atoms. The summed E-state index contributed by atoms with van der Waals surface area (Å²) in [6.07, 6.45) is 13.9. The summed E-state index contributed by atoms with van der Waals surface area (Å²) in [7, 11) is 0. The highest BCUT2D eigenvalue weighted by Gasteiger charge is 2.16. The number of rotatable bonds is 9. The molecule has 6 nitrogen and oxygen atoms in total. The fourth-order valence-corrected chi connectivity index (χ4v) is 4.66. The fourth-order valence-electron chi connectivity index (χ4n) is 4.66. The largest absolute Gasteiger partial charge is 0.478 e. The van der Waals surface area contributed by atoms with Crippen molar-refractivity contribution in [3.63, 3.8) is 0 Å². The summed E-state index contributed by atoms with van der Waals surface area (Å²) in [5, 5.41) is 14.2. The van der Waals surface area contributed by atoms with Gasteiger partial charge in [-0.2, -0.15) is 5.10 Å². The molecular formula is C26H32N4O2. The van der Waals surface area contributed by atoms with Crippen LogP contribution in [0.4, 0.5) is 0 Å². The SMILES string of the molecule is CCCn1nc(CCC2CCCCC2)nc1Cc1ccc(-c2cnccc2C(=O)O)cc1. The van der Waals surface area contributed by atoms with Gasteiger partial charge in [0.15, 0.2) is 5.82 Å². The van der Waals surface area contributed by atoms with Gasteiger partial charge in [0.05, 0.1) is 5.56 Å². The van der Waals surface area contributed by atoms with Crippen LogP contribution in [0, 0.1) is 5.92 Å². The standard InChI is InChI=1S/C26H32N4O2/c1-2-16-30-25(28-24(29-30)13-10-19-6-4-3-5-7-19)17-20-8-11-21(12-9-20)23-18-27-15-14-22(23)26(31)32/h8-9,11-12,14-15,18-19H,2-7,10,13,16-17H2,1H3,(H,31,32). The van der Waals surface area contributed by atoms with E-state index in [0.29, 0.717) is 5.56 Å². The Hall–Kier alpha value is -3.02. The highest BCUT2D eigenvalue weighted by Crippen LogP contribution is 2.27. The monoisotopic (exact) mass is 432 g/mol. The second-order valence-electron chi connectivity index (χ2n) is 8.81. The van der Waals surface area contributed by atoms with Crippen molar-refractivity contribution in [3.05, 3.63) is 65.5 Å². The van der Waals surface area contributed by atoms with Gasteiger partial charge in [0, 0.05) is 37.3 Å². The lowest BCUT2D eigenvalue weighted by Gasteiger charge is -2.20. The van der Waals surface area contributed by atoms with Gasteiger partial charge in [-0.1, -0.05) is 63.3 Å². The molecule has 0 unspecified atom stereocenters. The third-order valence-electron chi connectivity index (χ3n) is 6.41. The van der Waals surface area contributed by atoms with Crippen molar-refractivity contribution in [1.29, 1.82) is 0 Å². The van der Waals surface area contributed by atoms with E-state index >= 15 is 0 Å². The van der Waals surface area contributed by atoms with Gasteiger partial charge in [-0.3, -0.25) is 4.98 Å². The molecule has 1 aliphatic rings. The number of benzene rings is 1.